The molecule has 0 saturated heterocycles. The zero-order valence-corrected chi connectivity index (χ0v) is 11.7. The van der Waals surface area contributed by atoms with Gasteiger partial charge in [-0.25, -0.2) is 0 Å². The number of nitrogens with one attached hydrogen (secondary N) is 2. The lowest BCUT2D eigenvalue weighted by atomic mass is 9.67. The summed E-state index contributed by atoms with van der Waals surface area (Å²) in [5.41, 5.74) is 6.11. The van der Waals surface area contributed by atoms with E-state index in [1.54, 1.807) is 0 Å². The second-order valence-electron chi connectivity index (χ2n) is 6.85. The summed E-state index contributed by atoms with van der Waals surface area (Å²) in [7, 11) is 0. The lowest BCUT2D eigenvalue weighted by molar-refractivity contribution is -0.122. The minimum Gasteiger partial charge on any atom is -0.352 e. The first-order valence-corrected chi connectivity index (χ1v) is 7.98. The second-order valence-corrected chi connectivity index (χ2v) is 6.85. The molecule has 3 saturated carbocycles. The van der Waals surface area contributed by atoms with E-state index in [4.69, 9.17) is 5.73 Å². The van der Waals surface area contributed by atoms with Gasteiger partial charge in [-0.3, -0.25) is 4.79 Å². The van der Waals surface area contributed by atoms with Crippen molar-refractivity contribution in [3.05, 3.63) is 0 Å². The van der Waals surface area contributed by atoms with Gasteiger partial charge in [-0.1, -0.05) is 6.42 Å². The average Bonchev–Trinajstić information content (AvgIpc) is 3.14. The maximum atomic E-state index is 12.0. The number of rotatable bonds is 5. The van der Waals surface area contributed by atoms with Crippen LogP contribution in [0.2, 0.25) is 0 Å². The Hall–Kier alpha value is -0.610. The molecule has 3 aliphatic carbocycles. The van der Waals surface area contributed by atoms with Gasteiger partial charge in [0.2, 0.25) is 5.91 Å². The first-order chi connectivity index (χ1) is 9.22. The van der Waals surface area contributed by atoms with Gasteiger partial charge in [0.05, 0.1) is 6.54 Å². The Balaban J connectivity index is 1.46. The smallest absolute Gasteiger partial charge is 0.234 e. The molecule has 0 aromatic heterocycles. The molecular weight excluding hydrogens is 238 g/mol. The van der Waals surface area contributed by atoms with E-state index < -0.39 is 0 Å². The fourth-order valence-corrected chi connectivity index (χ4v) is 3.97. The van der Waals surface area contributed by atoms with E-state index in [-0.39, 0.29) is 5.91 Å². The van der Waals surface area contributed by atoms with Gasteiger partial charge in [-0.15, -0.1) is 0 Å². The molecule has 4 heteroatoms. The molecule has 2 unspecified atom stereocenters. The molecule has 0 aromatic carbocycles. The average molecular weight is 265 g/mol. The van der Waals surface area contributed by atoms with Gasteiger partial charge in [0.1, 0.15) is 0 Å². The number of hydrogen-bond donors (Lipinski definition) is 3. The maximum absolute atomic E-state index is 12.0. The van der Waals surface area contributed by atoms with Gasteiger partial charge < -0.3 is 16.4 Å². The number of carbonyl (C=O) groups excluding carboxylic acids is 1. The van der Waals surface area contributed by atoms with Crippen molar-refractivity contribution in [3.8, 4) is 0 Å². The topological polar surface area (TPSA) is 67.1 Å². The van der Waals surface area contributed by atoms with E-state index in [1.165, 1.54) is 32.1 Å². The first kappa shape index (κ1) is 13.4. The number of nitrogens with two attached hydrogens (primary N) is 1. The SMILES string of the molecule is NC1CC2CCCC(C1)C2NC(=O)CNCC1CC1. The summed E-state index contributed by atoms with van der Waals surface area (Å²) in [4.78, 5) is 12.0. The van der Waals surface area contributed by atoms with Crippen LogP contribution in [0.5, 0.6) is 0 Å². The van der Waals surface area contributed by atoms with Crippen molar-refractivity contribution >= 4 is 5.91 Å². The van der Waals surface area contributed by atoms with Crippen molar-refractivity contribution in [1.82, 2.24) is 10.6 Å². The summed E-state index contributed by atoms with van der Waals surface area (Å²) in [6, 6.07) is 0.750. The predicted octanol–water partition coefficient (Wildman–Crippen LogP) is 1.01. The van der Waals surface area contributed by atoms with Crippen LogP contribution < -0.4 is 16.4 Å². The quantitative estimate of drug-likeness (QED) is 0.695. The van der Waals surface area contributed by atoms with E-state index in [0.717, 1.165) is 25.3 Å². The Morgan fingerprint density at radius 3 is 2.42 bits per heavy atom. The third-order valence-electron chi connectivity index (χ3n) is 5.12. The fraction of sp³-hybridized carbons (Fsp3) is 0.933. The summed E-state index contributed by atoms with van der Waals surface area (Å²) >= 11 is 0. The molecule has 0 heterocycles. The Labute approximate surface area is 115 Å². The van der Waals surface area contributed by atoms with Crippen LogP contribution in [-0.2, 0) is 4.79 Å². The predicted molar refractivity (Wildman–Crippen MR) is 75.6 cm³/mol. The van der Waals surface area contributed by atoms with Gasteiger partial charge in [0, 0.05) is 12.1 Å². The fourth-order valence-electron chi connectivity index (χ4n) is 3.97. The van der Waals surface area contributed by atoms with Gasteiger partial charge in [0.25, 0.3) is 0 Å². The minimum atomic E-state index is 0.179. The van der Waals surface area contributed by atoms with E-state index in [2.05, 4.69) is 10.6 Å². The minimum absolute atomic E-state index is 0.179. The zero-order valence-electron chi connectivity index (χ0n) is 11.7. The number of hydrogen-bond acceptors (Lipinski definition) is 3. The molecule has 4 nitrogen and oxygen atoms in total. The maximum Gasteiger partial charge on any atom is 0.234 e. The van der Waals surface area contributed by atoms with Gasteiger partial charge in [-0.2, -0.15) is 0 Å². The molecular formula is C15H27N3O. The van der Waals surface area contributed by atoms with Gasteiger partial charge in [-0.05, 0) is 62.8 Å². The second kappa shape index (κ2) is 5.80. The molecule has 4 N–H and O–H groups in total. The number of carbonyl (C=O) groups is 1. The van der Waals surface area contributed by atoms with Crippen molar-refractivity contribution in [2.45, 2.75) is 57.0 Å². The molecule has 0 spiro atoms. The zero-order chi connectivity index (χ0) is 13.2. The normalized spacial score (nSPS) is 37.9. The van der Waals surface area contributed by atoms with E-state index in [0.29, 0.717) is 30.5 Å². The Bertz CT molecular complexity index is 315. The molecule has 3 rings (SSSR count). The van der Waals surface area contributed by atoms with Crippen LogP contribution in [-0.4, -0.2) is 31.1 Å². The Morgan fingerprint density at radius 1 is 1.11 bits per heavy atom. The molecule has 1 amide bonds. The highest BCUT2D eigenvalue weighted by atomic mass is 16.2. The molecule has 0 aromatic rings. The van der Waals surface area contributed by atoms with Gasteiger partial charge in [0.15, 0.2) is 0 Å². The van der Waals surface area contributed by atoms with Crippen LogP contribution in [0.15, 0.2) is 0 Å². The molecule has 19 heavy (non-hydrogen) atoms. The summed E-state index contributed by atoms with van der Waals surface area (Å²) in [6.45, 7) is 1.49. The highest BCUT2D eigenvalue weighted by Crippen LogP contribution is 2.39. The van der Waals surface area contributed by atoms with Crippen molar-refractivity contribution in [2.75, 3.05) is 13.1 Å². The molecule has 2 atom stereocenters. The number of amides is 1. The number of fused-ring (bicyclic) bond motifs is 2. The highest BCUT2D eigenvalue weighted by Gasteiger charge is 2.39. The molecule has 108 valence electrons. The van der Waals surface area contributed by atoms with Crippen LogP contribution in [0.4, 0.5) is 0 Å². The molecule has 3 fully saturated rings. The van der Waals surface area contributed by atoms with Crippen LogP contribution >= 0.6 is 0 Å². The van der Waals surface area contributed by atoms with Crippen LogP contribution in [0, 0.1) is 17.8 Å². The monoisotopic (exact) mass is 265 g/mol. The third-order valence-corrected chi connectivity index (χ3v) is 5.12. The lowest BCUT2D eigenvalue weighted by Crippen LogP contribution is -2.55. The highest BCUT2D eigenvalue weighted by molar-refractivity contribution is 5.78. The third kappa shape index (κ3) is 3.48. The molecule has 0 aliphatic heterocycles. The van der Waals surface area contributed by atoms with Crippen LogP contribution in [0.25, 0.3) is 0 Å². The standard InChI is InChI=1S/C15H27N3O/c16-13-6-11-2-1-3-12(7-13)15(11)18-14(19)9-17-8-10-4-5-10/h10-13,15,17H,1-9,16H2,(H,18,19). The lowest BCUT2D eigenvalue weighted by Gasteiger charge is -2.45. The summed E-state index contributed by atoms with van der Waals surface area (Å²) in [5, 5.41) is 6.55. The van der Waals surface area contributed by atoms with Crippen molar-refractivity contribution < 1.29 is 4.79 Å². The van der Waals surface area contributed by atoms with Crippen molar-refractivity contribution in [2.24, 2.45) is 23.5 Å². The summed E-state index contributed by atoms with van der Waals surface area (Å²) < 4.78 is 0. The van der Waals surface area contributed by atoms with Gasteiger partial charge >= 0.3 is 0 Å². The Kier molecular flexibility index (Phi) is 4.08. The summed E-state index contributed by atoms with van der Waals surface area (Å²) in [6.07, 6.45) is 8.65. The van der Waals surface area contributed by atoms with Crippen molar-refractivity contribution in [3.63, 3.8) is 0 Å². The Morgan fingerprint density at radius 2 is 1.79 bits per heavy atom. The van der Waals surface area contributed by atoms with Crippen LogP contribution in [0.1, 0.15) is 44.9 Å². The first-order valence-electron chi connectivity index (χ1n) is 7.98. The van der Waals surface area contributed by atoms with E-state index in [1.807, 2.05) is 0 Å². The molecule has 0 radical (unpaired) electrons. The van der Waals surface area contributed by atoms with E-state index in [9.17, 15) is 4.79 Å². The molecule has 2 bridgehead atoms. The van der Waals surface area contributed by atoms with E-state index >= 15 is 0 Å². The van der Waals surface area contributed by atoms with Crippen LogP contribution in [0.3, 0.4) is 0 Å². The molecule has 3 aliphatic rings. The summed E-state index contributed by atoms with van der Waals surface area (Å²) in [5.74, 6) is 2.25. The van der Waals surface area contributed by atoms with Crippen molar-refractivity contribution in [1.29, 1.82) is 0 Å². The largest absolute Gasteiger partial charge is 0.352 e.